The molecule has 2 aliphatic rings. The van der Waals surface area contributed by atoms with Crippen molar-refractivity contribution in [2.75, 3.05) is 31.7 Å². The highest BCUT2D eigenvalue weighted by molar-refractivity contribution is 5.79. The highest BCUT2D eigenvalue weighted by atomic mass is 19.3. The van der Waals surface area contributed by atoms with E-state index in [1.165, 1.54) is 12.1 Å². The van der Waals surface area contributed by atoms with Crippen LogP contribution >= 0.6 is 0 Å². The molecule has 2 fully saturated rings. The summed E-state index contributed by atoms with van der Waals surface area (Å²) < 4.78 is 57.9. The lowest BCUT2D eigenvalue weighted by Crippen LogP contribution is -2.40. The number of benzene rings is 1. The van der Waals surface area contributed by atoms with E-state index in [2.05, 4.69) is 20.6 Å². The number of carbonyl (C=O) groups is 1. The number of nitrogens with one attached hydrogen (secondary N) is 2. The minimum Gasteiger partial charge on any atom is -0.381 e. The van der Waals surface area contributed by atoms with Gasteiger partial charge in [0.05, 0.1) is 42.5 Å². The monoisotopic (exact) mass is 494 g/mol. The number of rotatable bonds is 8. The molecule has 8 nitrogen and oxygen atoms in total. The zero-order valence-corrected chi connectivity index (χ0v) is 19.7. The molecule has 0 aliphatic carbocycles. The number of hydrogen-bond donors (Lipinski definition) is 2. The van der Waals surface area contributed by atoms with Gasteiger partial charge in [0.1, 0.15) is 17.5 Å². The van der Waals surface area contributed by atoms with Crippen LogP contribution in [0.5, 0.6) is 0 Å². The summed E-state index contributed by atoms with van der Waals surface area (Å²) in [5.41, 5.74) is 0.262. The fraction of sp³-hybridized carbons (Fsp3) is 0.542. The van der Waals surface area contributed by atoms with E-state index in [-0.39, 0.29) is 23.9 Å². The third-order valence-electron chi connectivity index (χ3n) is 6.02. The molecule has 11 heteroatoms. The molecule has 2 saturated heterocycles. The Morgan fingerprint density at radius 1 is 1.11 bits per heavy atom. The Bertz CT molecular complexity index is 1040. The van der Waals surface area contributed by atoms with E-state index in [0.717, 1.165) is 18.9 Å². The summed E-state index contributed by atoms with van der Waals surface area (Å²) >= 11 is 0. The summed E-state index contributed by atoms with van der Waals surface area (Å²) in [6.07, 6.45) is -2.29. The number of hydrogen-bond acceptors (Lipinski definition) is 7. The van der Waals surface area contributed by atoms with Crippen LogP contribution in [-0.4, -0.2) is 48.3 Å². The summed E-state index contributed by atoms with van der Waals surface area (Å²) in [6, 6.07) is 3.21. The standard InChI is InChI=1S/C24H29F3N4O4/c1-13(16-4-3-5-17(21(16)25)22(26)27)28-23-20(24-34-10-11-35-24)18(29-14(2)30-23)12-19(32)31-15-6-8-33-9-7-15/h3-5,13,15,22,24H,6-12H2,1-2H3,(H,31,32)(H,28,29,30)/t13-/m1/s1. The first-order chi connectivity index (χ1) is 16.8. The lowest BCUT2D eigenvalue weighted by molar-refractivity contribution is -0.121. The van der Waals surface area contributed by atoms with Gasteiger partial charge >= 0.3 is 0 Å². The van der Waals surface area contributed by atoms with Crippen LogP contribution in [0.25, 0.3) is 0 Å². The SMILES string of the molecule is Cc1nc(CC(=O)NC2CCOCC2)c(C2OCCO2)c(N[C@H](C)c2cccc(C(F)F)c2F)n1. The van der Waals surface area contributed by atoms with Crippen LogP contribution in [0.1, 0.15) is 66.7 Å². The topological polar surface area (TPSA) is 94.6 Å². The molecule has 0 saturated carbocycles. The first-order valence-electron chi connectivity index (χ1n) is 11.6. The van der Waals surface area contributed by atoms with Crippen LogP contribution in [0.15, 0.2) is 18.2 Å². The summed E-state index contributed by atoms with van der Waals surface area (Å²) in [5, 5.41) is 6.12. The van der Waals surface area contributed by atoms with Gasteiger partial charge in [0.25, 0.3) is 6.43 Å². The maximum Gasteiger partial charge on any atom is 0.266 e. The second-order valence-corrected chi connectivity index (χ2v) is 8.60. The fourth-order valence-corrected chi connectivity index (χ4v) is 4.28. The van der Waals surface area contributed by atoms with Gasteiger partial charge in [-0.3, -0.25) is 4.79 Å². The Morgan fingerprint density at radius 2 is 1.80 bits per heavy atom. The lowest BCUT2D eigenvalue weighted by atomic mass is 10.0. The number of aromatic nitrogens is 2. The van der Waals surface area contributed by atoms with Gasteiger partial charge in [-0.1, -0.05) is 18.2 Å². The van der Waals surface area contributed by atoms with E-state index >= 15 is 0 Å². The summed E-state index contributed by atoms with van der Waals surface area (Å²) in [7, 11) is 0. The van der Waals surface area contributed by atoms with E-state index < -0.39 is 30.1 Å². The van der Waals surface area contributed by atoms with Crippen molar-refractivity contribution in [1.82, 2.24) is 15.3 Å². The van der Waals surface area contributed by atoms with E-state index in [0.29, 0.717) is 49.3 Å². The van der Waals surface area contributed by atoms with Crippen LogP contribution in [-0.2, 0) is 25.4 Å². The zero-order valence-electron chi connectivity index (χ0n) is 19.7. The van der Waals surface area contributed by atoms with Gasteiger partial charge < -0.3 is 24.8 Å². The molecule has 2 aliphatic heterocycles. The molecule has 35 heavy (non-hydrogen) atoms. The molecule has 0 spiro atoms. The number of anilines is 1. The molecule has 0 bridgehead atoms. The highest BCUT2D eigenvalue weighted by Gasteiger charge is 2.30. The number of amides is 1. The first kappa shape index (κ1) is 25.3. The normalized spacial score (nSPS) is 18.1. The fourth-order valence-electron chi connectivity index (χ4n) is 4.28. The number of nitrogens with zero attached hydrogens (tertiary/aromatic N) is 2. The minimum absolute atomic E-state index is 0.0302. The average molecular weight is 495 g/mol. The van der Waals surface area contributed by atoms with Crippen LogP contribution in [0.3, 0.4) is 0 Å². The Morgan fingerprint density at radius 3 is 2.49 bits per heavy atom. The lowest BCUT2D eigenvalue weighted by Gasteiger charge is -2.24. The van der Waals surface area contributed by atoms with E-state index in [4.69, 9.17) is 14.2 Å². The predicted molar refractivity (Wildman–Crippen MR) is 120 cm³/mol. The zero-order chi connectivity index (χ0) is 24.9. The summed E-state index contributed by atoms with van der Waals surface area (Å²) in [5.74, 6) is -0.493. The Kier molecular flexibility index (Phi) is 8.19. The summed E-state index contributed by atoms with van der Waals surface area (Å²) in [4.78, 5) is 21.8. The van der Waals surface area contributed by atoms with Crippen LogP contribution in [0.2, 0.25) is 0 Å². The Balaban J connectivity index is 1.62. The van der Waals surface area contributed by atoms with Gasteiger partial charge in [0.15, 0.2) is 6.29 Å². The van der Waals surface area contributed by atoms with Gasteiger partial charge in [0, 0.05) is 24.8 Å². The number of alkyl halides is 2. The maximum absolute atomic E-state index is 14.8. The first-order valence-corrected chi connectivity index (χ1v) is 11.6. The van der Waals surface area contributed by atoms with Gasteiger partial charge in [-0.05, 0) is 26.7 Å². The molecule has 0 radical (unpaired) electrons. The van der Waals surface area contributed by atoms with Crippen molar-refractivity contribution in [3.8, 4) is 0 Å². The van der Waals surface area contributed by atoms with E-state index in [1.54, 1.807) is 13.8 Å². The predicted octanol–water partition coefficient (Wildman–Crippen LogP) is 3.92. The number of halogens is 3. The second-order valence-electron chi connectivity index (χ2n) is 8.60. The maximum atomic E-state index is 14.8. The van der Waals surface area contributed by atoms with Crippen LogP contribution < -0.4 is 10.6 Å². The molecule has 1 aromatic heterocycles. The quantitative estimate of drug-likeness (QED) is 0.575. The van der Waals surface area contributed by atoms with Gasteiger partial charge in [-0.2, -0.15) is 0 Å². The molecule has 1 aromatic carbocycles. The average Bonchev–Trinajstić information content (AvgIpc) is 3.33. The van der Waals surface area contributed by atoms with Crippen molar-refractivity contribution < 1.29 is 32.2 Å². The number of aryl methyl sites for hydroxylation is 1. The van der Waals surface area contributed by atoms with Crippen molar-refractivity contribution >= 4 is 11.7 Å². The third kappa shape index (κ3) is 6.09. The summed E-state index contributed by atoms with van der Waals surface area (Å²) in [6.45, 7) is 5.22. The molecular weight excluding hydrogens is 465 g/mol. The highest BCUT2D eigenvalue weighted by Crippen LogP contribution is 2.34. The van der Waals surface area contributed by atoms with Crippen molar-refractivity contribution in [3.05, 3.63) is 52.2 Å². The molecule has 4 rings (SSSR count). The Hall–Kier alpha value is -2.76. The van der Waals surface area contributed by atoms with Crippen molar-refractivity contribution in [1.29, 1.82) is 0 Å². The van der Waals surface area contributed by atoms with Crippen LogP contribution in [0, 0.1) is 12.7 Å². The van der Waals surface area contributed by atoms with Gasteiger partial charge in [0.2, 0.25) is 5.91 Å². The Labute approximate surface area is 201 Å². The van der Waals surface area contributed by atoms with Crippen molar-refractivity contribution in [2.24, 2.45) is 0 Å². The largest absolute Gasteiger partial charge is 0.381 e. The van der Waals surface area contributed by atoms with Gasteiger partial charge in [-0.15, -0.1) is 0 Å². The molecule has 3 heterocycles. The number of ether oxygens (including phenoxy) is 3. The molecule has 2 aromatic rings. The minimum atomic E-state index is -2.93. The molecular formula is C24H29F3N4O4. The molecule has 0 unspecified atom stereocenters. The molecule has 190 valence electrons. The molecule has 1 amide bonds. The van der Waals surface area contributed by atoms with Crippen molar-refractivity contribution in [2.45, 2.75) is 57.9 Å². The van der Waals surface area contributed by atoms with E-state index in [9.17, 15) is 18.0 Å². The van der Waals surface area contributed by atoms with Gasteiger partial charge in [-0.25, -0.2) is 23.1 Å². The molecule has 2 N–H and O–H groups in total. The smallest absolute Gasteiger partial charge is 0.266 e. The third-order valence-corrected chi connectivity index (χ3v) is 6.02. The van der Waals surface area contributed by atoms with Crippen LogP contribution in [0.4, 0.5) is 19.0 Å². The van der Waals surface area contributed by atoms with E-state index in [1.807, 2.05) is 0 Å². The molecule has 1 atom stereocenters. The number of carbonyl (C=O) groups excluding carboxylic acids is 1. The second kappa shape index (κ2) is 11.3. The van der Waals surface area contributed by atoms with Crippen molar-refractivity contribution in [3.63, 3.8) is 0 Å².